The van der Waals surface area contributed by atoms with Crippen LogP contribution >= 0.6 is 0 Å². The van der Waals surface area contributed by atoms with Crippen molar-refractivity contribution >= 4 is 5.69 Å². The molecule has 0 aliphatic carbocycles. The van der Waals surface area contributed by atoms with E-state index in [1.54, 1.807) is 6.07 Å². The number of ether oxygens (including phenoxy) is 1. The molecule has 1 aromatic carbocycles. The Hall–Kier alpha value is -1.13. The average Bonchev–Trinajstić information content (AvgIpc) is 2.39. The fourth-order valence-corrected chi connectivity index (χ4v) is 2.66. The van der Waals surface area contributed by atoms with E-state index in [1.807, 2.05) is 20.0 Å². The Balaban J connectivity index is 2.13. The van der Waals surface area contributed by atoms with Gasteiger partial charge in [-0.3, -0.25) is 0 Å². The van der Waals surface area contributed by atoms with Crippen molar-refractivity contribution in [1.82, 2.24) is 0 Å². The van der Waals surface area contributed by atoms with Gasteiger partial charge in [-0.2, -0.15) is 0 Å². The molecule has 1 aliphatic rings. The summed E-state index contributed by atoms with van der Waals surface area (Å²) in [5.74, 6) is -0.232. The lowest BCUT2D eigenvalue weighted by atomic mass is 10.0. The lowest BCUT2D eigenvalue weighted by molar-refractivity contribution is 0.0216. The van der Waals surface area contributed by atoms with E-state index in [1.165, 1.54) is 12.5 Å². The van der Waals surface area contributed by atoms with Gasteiger partial charge in [0.1, 0.15) is 5.82 Å². The molecular weight excluding hydrogens is 243 g/mol. The Labute approximate surface area is 114 Å². The highest BCUT2D eigenvalue weighted by Gasteiger charge is 2.20. The van der Waals surface area contributed by atoms with E-state index in [9.17, 15) is 4.39 Å². The number of anilines is 1. The van der Waals surface area contributed by atoms with E-state index >= 15 is 0 Å². The molecule has 0 amide bonds. The van der Waals surface area contributed by atoms with Crippen LogP contribution in [0.15, 0.2) is 18.2 Å². The SMILES string of the molecule is C[C@H](N)c1c(F)cccc1N(C)CC1CCCCO1. The zero-order chi connectivity index (χ0) is 13.8. The zero-order valence-corrected chi connectivity index (χ0v) is 11.7. The summed E-state index contributed by atoms with van der Waals surface area (Å²) in [5, 5.41) is 0. The predicted molar refractivity (Wildman–Crippen MR) is 75.9 cm³/mol. The molecule has 19 heavy (non-hydrogen) atoms. The van der Waals surface area contributed by atoms with Crippen LogP contribution in [0.25, 0.3) is 0 Å². The van der Waals surface area contributed by atoms with Crippen LogP contribution in [0.4, 0.5) is 10.1 Å². The van der Waals surface area contributed by atoms with Crippen molar-refractivity contribution in [2.24, 2.45) is 5.73 Å². The lowest BCUT2D eigenvalue weighted by Gasteiger charge is -2.30. The zero-order valence-electron chi connectivity index (χ0n) is 11.7. The summed E-state index contributed by atoms with van der Waals surface area (Å²) in [5.41, 5.74) is 7.34. The highest BCUT2D eigenvalue weighted by Crippen LogP contribution is 2.28. The van der Waals surface area contributed by atoms with Crippen molar-refractivity contribution in [2.45, 2.75) is 38.3 Å². The van der Waals surface area contributed by atoms with Crippen LogP contribution in [0.1, 0.15) is 37.8 Å². The number of benzene rings is 1. The maximum Gasteiger partial charge on any atom is 0.130 e. The molecule has 0 aromatic heterocycles. The van der Waals surface area contributed by atoms with Crippen molar-refractivity contribution in [3.05, 3.63) is 29.6 Å². The van der Waals surface area contributed by atoms with Crippen LogP contribution in [-0.4, -0.2) is 26.3 Å². The number of nitrogens with two attached hydrogens (primary N) is 1. The number of likely N-dealkylation sites (N-methyl/N-ethyl adjacent to an activating group) is 1. The first-order chi connectivity index (χ1) is 9.09. The van der Waals surface area contributed by atoms with Gasteiger partial charge >= 0.3 is 0 Å². The van der Waals surface area contributed by atoms with Crippen LogP contribution in [0.2, 0.25) is 0 Å². The number of hydrogen-bond acceptors (Lipinski definition) is 3. The molecule has 0 spiro atoms. The molecule has 2 N–H and O–H groups in total. The van der Waals surface area contributed by atoms with Gasteiger partial charge in [-0.15, -0.1) is 0 Å². The van der Waals surface area contributed by atoms with Crippen molar-refractivity contribution in [2.75, 3.05) is 25.1 Å². The van der Waals surface area contributed by atoms with Gasteiger partial charge in [0.2, 0.25) is 0 Å². The quantitative estimate of drug-likeness (QED) is 0.910. The molecule has 106 valence electrons. The van der Waals surface area contributed by atoms with Gasteiger partial charge < -0.3 is 15.4 Å². The van der Waals surface area contributed by atoms with Crippen molar-refractivity contribution < 1.29 is 9.13 Å². The molecule has 1 aliphatic heterocycles. The van der Waals surface area contributed by atoms with Crippen molar-refractivity contribution in [3.8, 4) is 0 Å². The highest BCUT2D eigenvalue weighted by molar-refractivity contribution is 5.55. The molecule has 0 bridgehead atoms. The summed E-state index contributed by atoms with van der Waals surface area (Å²) in [7, 11) is 1.97. The third-order valence-corrected chi connectivity index (χ3v) is 3.65. The van der Waals surface area contributed by atoms with Gasteiger partial charge in [-0.05, 0) is 38.3 Å². The minimum Gasteiger partial charge on any atom is -0.376 e. The van der Waals surface area contributed by atoms with Gasteiger partial charge in [-0.1, -0.05) is 6.07 Å². The Morgan fingerprint density at radius 3 is 2.89 bits per heavy atom. The van der Waals surface area contributed by atoms with E-state index < -0.39 is 0 Å². The summed E-state index contributed by atoms with van der Waals surface area (Å²) in [6.45, 7) is 3.43. The highest BCUT2D eigenvalue weighted by atomic mass is 19.1. The average molecular weight is 266 g/mol. The Morgan fingerprint density at radius 2 is 2.26 bits per heavy atom. The first-order valence-corrected chi connectivity index (χ1v) is 6.96. The normalized spacial score (nSPS) is 21.2. The monoisotopic (exact) mass is 266 g/mol. The lowest BCUT2D eigenvalue weighted by Crippen LogP contribution is -2.34. The van der Waals surface area contributed by atoms with Gasteiger partial charge in [0.25, 0.3) is 0 Å². The van der Waals surface area contributed by atoms with Crippen LogP contribution in [0.3, 0.4) is 0 Å². The smallest absolute Gasteiger partial charge is 0.130 e. The largest absolute Gasteiger partial charge is 0.376 e. The first kappa shape index (κ1) is 14.3. The van der Waals surface area contributed by atoms with Crippen LogP contribution < -0.4 is 10.6 Å². The summed E-state index contributed by atoms with van der Waals surface area (Å²) < 4.78 is 19.6. The van der Waals surface area contributed by atoms with E-state index in [2.05, 4.69) is 4.90 Å². The minimum absolute atomic E-state index is 0.232. The fraction of sp³-hybridized carbons (Fsp3) is 0.600. The molecule has 2 atom stereocenters. The second-order valence-electron chi connectivity index (χ2n) is 5.33. The topological polar surface area (TPSA) is 38.5 Å². The molecule has 1 fully saturated rings. The second-order valence-corrected chi connectivity index (χ2v) is 5.33. The summed E-state index contributed by atoms with van der Waals surface area (Å²) >= 11 is 0. The van der Waals surface area contributed by atoms with E-state index in [4.69, 9.17) is 10.5 Å². The predicted octanol–water partition coefficient (Wildman–Crippen LogP) is 2.85. The number of hydrogen-bond donors (Lipinski definition) is 1. The maximum absolute atomic E-state index is 13.9. The molecular formula is C15H23FN2O. The van der Waals surface area contributed by atoms with Crippen LogP contribution in [0.5, 0.6) is 0 Å². The van der Waals surface area contributed by atoms with Gasteiger partial charge in [0.05, 0.1) is 6.10 Å². The van der Waals surface area contributed by atoms with Gasteiger partial charge in [-0.25, -0.2) is 4.39 Å². The molecule has 1 heterocycles. The summed E-state index contributed by atoms with van der Waals surface area (Å²) in [6, 6.07) is 4.80. The fourth-order valence-electron chi connectivity index (χ4n) is 2.66. The molecule has 1 aromatic rings. The van der Waals surface area contributed by atoms with Crippen LogP contribution in [-0.2, 0) is 4.74 Å². The molecule has 0 radical (unpaired) electrons. The minimum atomic E-state index is -0.314. The number of rotatable bonds is 4. The van der Waals surface area contributed by atoms with Crippen molar-refractivity contribution in [1.29, 1.82) is 0 Å². The summed E-state index contributed by atoms with van der Waals surface area (Å²) in [4.78, 5) is 2.05. The standard InChI is InChI=1S/C15H23FN2O/c1-11(17)15-13(16)7-5-8-14(15)18(2)10-12-6-3-4-9-19-12/h5,7-8,11-12H,3-4,6,9-10,17H2,1-2H3/t11-,12?/m0/s1. The molecule has 3 nitrogen and oxygen atoms in total. The molecule has 1 unspecified atom stereocenters. The molecule has 0 saturated carbocycles. The summed E-state index contributed by atoms with van der Waals surface area (Å²) in [6.07, 6.45) is 3.67. The second kappa shape index (κ2) is 6.35. The number of halogens is 1. The Bertz CT molecular complexity index is 417. The molecule has 2 rings (SSSR count). The third-order valence-electron chi connectivity index (χ3n) is 3.65. The van der Waals surface area contributed by atoms with E-state index in [-0.39, 0.29) is 18.0 Å². The molecule has 4 heteroatoms. The first-order valence-electron chi connectivity index (χ1n) is 6.96. The molecule has 1 saturated heterocycles. The maximum atomic E-state index is 13.9. The third kappa shape index (κ3) is 3.45. The van der Waals surface area contributed by atoms with Crippen LogP contribution in [0, 0.1) is 5.82 Å². The van der Waals surface area contributed by atoms with Crippen molar-refractivity contribution in [3.63, 3.8) is 0 Å². The van der Waals surface area contributed by atoms with Gasteiger partial charge in [0.15, 0.2) is 0 Å². The van der Waals surface area contributed by atoms with E-state index in [0.29, 0.717) is 5.56 Å². The van der Waals surface area contributed by atoms with Gasteiger partial charge in [0, 0.05) is 37.5 Å². The Morgan fingerprint density at radius 1 is 1.47 bits per heavy atom. The Kier molecular flexibility index (Phi) is 4.77. The number of nitrogens with zero attached hydrogens (tertiary/aromatic N) is 1. The van der Waals surface area contributed by atoms with E-state index in [0.717, 1.165) is 31.7 Å².